The van der Waals surface area contributed by atoms with Gasteiger partial charge in [0.1, 0.15) is 18.0 Å². The Morgan fingerprint density at radius 2 is 1.91 bits per heavy atom. The number of aldehydes is 1. The molecule has 0 bridgehead atoms. The van der Waals surface area contributed by atoms with Crippen LogP contribution in [0.25, 0.3) is 0 Å². The standard InChI is InChI=1S/C29H40O6/c1-9-16(4)26(32)35-25-18(6)28(33)21-10-17(5)23(31)20(21)11-19(13-30)12-22(28)24-27(7,8)29(24,25)34-14-15(2)3/h9-10,12-13,15,18,20-22,24-25,33H,11,14H2,1-8H3/b16-9+/t18-,20+,21-,22+,24-,25-,28+,29-/m1/s1. The first-order chi connectivity index (χ1) is 16.3. The zero-order valence-corrected chi connectivity index (χ0v) is 22.3. The van der Waals surface area contributed by atoms with Gasteiger partial charge in [-0.15, -0.1) is 0 Å². The lowest BCUT2D eigenvalue weighted by molar-refractivity contribution is -0.219. The van der Waals surface area contributed by atoms with Gasteiger partial charge in [-0.3, -0.25) is 9.59 Å². The predicted octanol–water partition coefficient (Wildman–Crippen LogP) is 4.22. The second-order valence-corrected chi connectivity index (χ2v) is 12.1. The molecule has 1 N–H and O–H groups in total. The molecule has 0 unspecified atom stereocenters. The van der Waals surface area contributed by atoms with Crippen LogP contribution in [0.5, 0.6) is 0 Å². The molecule has 0 aromatic heterocycles. The molecular weight excluding hydrogens is 444 g/mol. The maximum Gasteiger partial charge on any atom is 0.333 e. The molecule has 0 spiro atoms. The fourth-order valence-electron chi connectivity index (χ4n) is 7.41. The Morgan fingerprint density at radius 3 is 2.49 bits per heavy atom. The Kier molecular flexibility index (Phi) is 6.33. The second kappa shape index (κ2) is 8.52. The van der Waals surface area contributed by atoms with Gasteiger partial charge in [0, 0.05) is 47.2 Å². The third kappa shape index (κ3) is 3.46. The Labute approximate surface area is 208 Å². The Morgan fingerprint density at radius 1 is 1.26 bits per heavy atom. The number of aliphatic hydroxyl groups is 1. The Balaban J connectivity index is 1.90. The number of carbonyl (C=O) groups is 3. The van der Waals surface area contributed by atoms with Gasteiger partial charge in [-0.25, -0.2) is 4.79 Å². The quantitative estimate of drug-likeness (QED) is 0.345. The van der Waals surface area contributed by atoms with Crippen molar-refractivity contribution in [2.24, 2.45) is 40.9 Å². The van der Waals surface area contributed by atoms with Crippen LogP contribution in [-0.4, -0.2) is 47.1 Å². The average molecular weight is 485 g/mol. The highest BCUT2D eigenvalue weighted by molar-refractivity contribution is 6.00. The molecule has 4 aliphatic rings. The van der Waals surface area contributed by atoms with E-state index >= 15 is 0 Å². The topological polar surface area (TPSA) is 89.9 Å². The van der Waals surface area contributed by atoms with Crippen molar-refractivity contribution in [2.75, 3.05) is 6.61 Å². The second-order valence-electron chi connectivity index (χ2n) is 12.1. The molecule has 8 atom stereocenters. The normalized spacial score (nSPS) is 41.8. The molecular formula is C29H40O6. The molecule has 2 saturated carbocycles. The van der Waals surface area contributed by atoms with E-state index in [0.29, 0.717) is 29.7 Å². The summed E-state index contributed by atoms with van der Waals surface area (Å²) in [5.74, 6) is -2.27. The van der Waals surface area contributed by atoms with Gasteiger partial charge in [0.15, 0.2) is 5.78 Å². The molecule has 6 heteroatoms. The monoisotopic (exact) mass is 484 g/mol. The fourth-order valence-corrected chi connectivity index (χ4v) is 7.41. The molecule has 0 heterocycles. The third-order valence-electron chi connectivity index (χ3n) is 9.43. The summed E-state index contributed by atoms with van der Waals surface area (Å²) in [6.45, 7) is 16.0. The van der Waals surface area contributed by atoms with Gasteiger partial charge >= 0.3 is 5.97 Å². The van der Waals surface area contributed by atoms with Gasteiger partial charge in [-0.1, -0.05) is 52.8 Å². The van der Waals surface area contributed by atoms with Gasteiger partial charge in [0.25, 0.3) is 0 Å². The van der Waals surface area contributed by atoms with Crippen molar-refractivity contribution < 1.29 is 29.0 Å². The molecule has 0 aliphatic heterocycles. The number of ketones is 1. The van der Waals surface area contributed by atoms with Crippen molar-refractivity contribution in [1.82, 2.24) is 0 Å². The highest BCUT2D eigenvalue weighted by Crippen LogP contribution is 2.76. The first-order valence-electron chi connectivity index (χ1n) is 12.9. The summed E-state index contributed by atoms with van der Waals surface area (Å²) in [5, 5.41) is 12.6. The molecule has 192 valence electrons. The van der Waals surface area contributed by atoms with Crippen LogP contribution < -0.4 is 0 Å². The first-order valence-corrected chi connectivity index (χ1v) is 12.9. The van der Waals surface area contributed by atoms with Crippen molar-refractivity contribution in [3.05, 3.63) is 34.9 Å². The lowest BCUT2D eigenvalue weighted by atomic mass is 9.59. The number of fused-ring (bicyclic) bond motifs is 5. The lowest BCUT2D eigenvalue weighted by Crippen LogP contribution is -2.63. The van der Waals surface area contributed by atoms with Crippen LogP contribution in [0.4, 0.5) is 0 Å². The summed E-state index contributed by atoms with van der Waals surface area (Å²) in [7, 11) is 0. The van der Waals surface area contributed by atoms with Gasteiger partial charge < -0.3 is 14.6 Å². The van der Waals surface area contributed by atoms with Crippen LogP contribution >= 0.6 is 0 Å². The lowest BCUT2D eigenvalue weighted by Gasteiger charge is -2.52. The first kappa shape index (κ1) is 26.0. The van der Waals surface area contributed by atoms with E-state index in [1.165, 1.54) is 0 Å². The van der Waals surface area contributed by atoms with E-state index < -0.39 is 52.4 Å². The minimum Gasteiger partial charge on any atom is -0.456 e. The summed E-state index contributed by atoms with van der Waals surface area (Å²) < 4.78 is 12.9. The largest absolute Gasteiger partial charge is 0.456 e. The summed E-state index contributed by atoms with van der Waals surface area (Å²) in [5.41, 5.74) is -0.942. The molecule has 4 aliphatic carbocycles. The maximum atomic E-state index is 13.1. The van der Waals surface area contributed by atoms with Crippen molar-refractivity contribution in [2.45, 2.75) is 79.1 Å². The average Bonchev–Trinajstić information content (AvgIpc) is 3.22. The number of ether oxygens (including phenoxy) is 2. The minimum absolute atomic E-state index is 0.0229. The fraction of sp³-hybridized carbons (Fsp3) is 0.690. The summed E-state index contributed by atoms with van der Waals surface area (Å²) >= 11 is 0. The van der Waals surface area contributed by atoms with Crippen molar-refractivity contribution in [3.63, 3.8) is 0 Å². The predicted molar refractivity (Wildman–Crippen MR) is 132 cm³/mol. The molecule has 2 fully saturated rings. The van der Waals surface area contributed by atoms with E-state index in [9.17, 15) is 19.5 Å². The number of hydrogen-bond acceptors (Lipinski definition) is 6. The van der Waals surface area contributed by atoms with Gasteiger partial charge in [0.2, 0.25) is 0 Å². The van der Waals surface area contributed by atoms with E-state index in [1.54, 1.807) is 26.8 Å². The molecule has 0 radical (unpaired) electrons. The summed E-state index contributed by atoms with van der Waals surface area (Å²) in [4.78, 5) is 38.2. The van der Waals surface area contributed by atoms with Crippen molar-refractivity contribution in [1.29, 1.82) is 0 Å². The van der Waals surface area contributed by atoms with Crippen molar-refractivity contribution >= 4 is 18.0 Å². The number of hydrogen-bond donors (Lipinski definition) is 1. The van der Waals surface area contributed by atoms with Gasteiger partial charge in [-0.05, 0) is 44.3 Å². The van der Waals surface area contributed by atoms with Gasteiger partial charge in [0.05, 0.1) is 5.60 Å². The van der Waals surface area contributed by atoms with E-state index in [0.717, 1.165) is 6.29 Å². The zero-order valence-electron chi connectivity index (χ0n) is 22.3. The van der Waals surface area contributed by atoms with E-state index in [-0.39, 0.29) is 17.6 Å². The minimum atomic E-state index is -1.37. The molecule has 6 nitrogen and oxygen atoms in total. The highest BCUT2D eigenvalue weighted by atomic mass is 16.6. The van der Waals surface area contributed by atoms with Crippen LogP contribution in [-0.2, 0) is 23.9 Å². The number of esters is 1. The summed E-state index contributed by atoms with van der Waals surface area (Å²) in [6, 6.07) is 0. The molecule has 35 heavy (non-hydrogen) atoms. The number of Topliss-reactive ketones (excluding diaryl/α,β-unsaturated/α-hetero) is 1. The zero-order chi connectivity index (χ0) is 26.1. The van der Waals surface area contributed by atoms with Crippen LogP contribution in [0.1, 0.15) is 61.8 Å². The Hall–Kier alpha value is -2.05. The molecule has 0 aromatic carbocycles. The van der Waals surface area contributed by atoms with Crippen molar-refractivity contribution in [3.8, 4) is 0 Å². The van der Waals surface area contributed by atoms with Crippen LogP contribution in [0, 0.1) is 40.9 Å². The van der Waals surface area contributed by atoms with Crippen LogP contribution in [0.15, 0.2) is 34.9 Å². The van der Waals surface area contributed by atoms with Crippen LogP contribution in [0.3, 0.4) is 0 Å². The molecule has 0 saturated heterocycles. The molecule has 0 aromatic rings. The maximum absolute atomic E-state index is 13.1. The van der Waals surface area contributed by atoms with Gasteiger partial charge in [-0.2, -0.15) is 0 Å². The van der Waals surface area contributed by atoms with Crippen LogP contribution in [0.2, 0.25) is 0 Å². The van der Waals surface area contributed by atoms with E-state index in [1.807, 2.05) is 19.1 Å². The summed E-state index contributed by atoms with van der Waals surface area (Å²) in [6.07, 6.45) is 5.91. The Bertz CT molecular complexity index is 1030. The van der Waals surface area contributed by atoms with E-state index in [4.69, 9.17) is 9.47 Å². The molecule has 0 amide bonds. The third-order valence-corrected chi connectivity index (χ3v) is 9.43. The number of rotatable bonds is 6. The number of allylic oxidation sites excluding steroid dienone is 3. The SMILES string of the molecule is C/C=C(\C)C(=O)O[C@@H]1[C@@H](C)[C@]2(O)[C@@H]3C=C(C)C(=O)[C@H]3CC(C=O)=C[C@H]2[C@@H]2C(C)(C)[C@]12OCC(C)C. The number of carbonyl (C=O) groups excluding carboxylic acids is 3. The van der Waals surface area contributed by atoms with E-state index in [2.05, 4.69) is 27.7 Å². The molecule has 4 rings (SSSR count). The smallest absolute Gasteiger partial charge is 0.333 e. The highest BCUT2D eigenvalue weighted by Gasteiger charge is 2.85.